The molecule has 0 aromatic carbocycles. The van der Waals surface area contributed by atoms with Gasteiger partial charge in [-0.2, -0.15) is 0 Å². The topological polar surface area (TPSA) is 51.4 Å². The van der Waals surface area contributed by atoms with Crippen LogP contribution in [0, 0.1) is 0 Å². The molecule has 4 nitrogen and oxygen atoms in total. The zero-order valence-corrected chi connectivity index (χ0v) is 10.1. The highest BCUT2D eigenvalue weighted by Gasteiger charge is 1.96. The molecular weight excluding hydrogens is 202 g/mol. The van der Waals surface area contributed by atoms with E-state index in [2.05, 4.69) is 24.0 Å². The Hall–Kier alpha value is -0.970. The van der Waals surface area contributed by atoms with Crippen LogP contribution in [0.15, 0.2) is 18.3 Å². The van der Waals surface area contributed by atoms with Gasteiger partial charge >= 0.3 is 0 Å². The van der Waals surface area contributed by atoms with Crippen molar-refractivity contribution in [3.05, 3.63) is 29.6 Å². The average molecular weight is 223 g/mol. The first-order chi connectivity index (χ1) is 7.72. The Morgan fingerprint density at radius 3 is 2.75 bits per heavy atom. The number of pyridine rings is 1. The molecule has 1 heterocycles. The summed E-state index contributed by atoms with van der Waals surface area (Å²) in [5.41, 5.74) is 7.50. The third-order valence-corrected chi connectivity index (χ3v) is 2.27. The van der Waals surface area contributed by atoms with E-state index in [-0.39, 0.29) is 0 Å². The molecule has 0 saturated heterocycles. The van der Waals surface area contributed by atoms with Gasteiger partial charge in [0.25, 0.3) is 0 Å². The fourth-order valence-electron chi connectivity index (χ4n) is 1.32. The SMILES string of the molecule is CN(C)CCCOCc1ccc(CN)cn1. The highest BCUT2D eigenvalue weighted by molar-refractivity contribution is 5.13. The Morgan fingerprint density at radius 2 is 2.19 bits per heavy atom. The molecule has 0 amide bonds. The average Bonchev–Trinajstić information content (AvgIpc) is 2.29. The minimum Gasteiger partial charge on any atom is -0.375 e. The Kier molecular flexibility index (Phi) is 6.00. The van der Waals surface area contributed by atoms with Gasteiger partial charge in [0.2, 0.25) is 0 Å². The van der Waals surface area contributed by atoms with Crippen molar-refractivity contribution in [2.24, 2.45) is 5.73 Å². The predicted octanol–water partition coefficient (Wildman–Crippen LogP) is 1.01. The largest absolute Gasteiger partial charge is 0.375 e. The summed E-state index contributed by atoms with van der Waals surface area (Å²) in [7, 11) is 4.13. The Balaban J connectivity index is 2.16. The van der Waals surface area contributed by atoms with Crippen molar-refractivity contribution < 1.29 is 4.74 Å². The van der Waals surface area contributed by atoms with Crippen LogP contribution in [0.4, 0.5) is 0 Å². The smallest absolute Gasteiger partial charge is 0.0887 e. The Morgan fingerprint density at radius 1 is 1.38 bits per heavy atom. The molecule has 0 saturated carbocycles. The minimum atomic E-state index is 0.539. The summed E-state index contributed by atoms with van der Waals surface area (Å²) in [4.78, 5) is 6.42. The van der Waals surface area contributed by atoms with Crippen LogP contribution >= 0.6 is 0 Å². The number of rotatable bonds is 7. The second-order valence-electron chi connectivity index (χ2n) is 4.07. The maximum absolute atomic E-state index is 5.52. The zero-order valence-electron chi connectivity index (χ0n) is 10.1. The first kappa shape index (κ1) is 13.1. The molecule has 4 heteroatoms. The van der Waals surface area contributed by atoms with E-state index in [0.717, 1.165) is 30.8 Å². The molecular formula is C12H21N3O. The lowest BCUT2D eigenvalue weighted by Gasteiger charge is -2.09. The lowest BCUT2D eigenvalue weighted by molar-refractivity contribution is 0.110. The summed E-state index contributed by atoms with van der Waals surface area (Å²) in [6.45, 7) is 2.95. The number of aromatic nitrogens is 1. The first-order valence-electron chi connectivity index (χ1n) is 5.58. The summed E-state index contributed by atoms with van der Waals surface area (Å²) in [6.07, 6.45) is 2.85. The van der Waals surface area contributed by atoms with Gasteiger partial charge in [0.1, 0.15) is 0 Å². The normalized spacial score (nSPS) is 11.0. The van der Waals surface area contributed by atoms with Crippen molar-refractivity contribution in [1.82, 2.24) is 9.88 Å². The predicted molar refractivity (Wildman–Crippen MR) is 65.0 cm³/mol. The molecule has 0 fully saturated rings. The van der Waals surface area contributed by atoms with Crippen LogP contribution in [-0.4, -0.2) is 37.1 Å². The molecule has 0 radical (unpaired) electrons. The summed E-state index contributed by atoms with van der Waals surface area (Å²) in [5.74, 6) is 0. The quantitative estimate of drug-likeness (QED) is 0.701. The minimum absolute atomic E-state index is 0.539. The third kappa shape index (κ3) is 5.21. The molecule has 16 heavy (non-hydrogen) atoms. The molecule has 0 bridgehead atoms. The molecule has 0 atom stereocenters. The highest BCUT2D eigenvalue weighted by Crippen LogP contribution is 2.01. The van der Waals surface area contributed by atoms with Crippen LogP contribution in [0.25, 0.3) is 0 Å². The number of nitrogens with two attached hydrogens (primary N) is 1. The monoisotopic (exact) mass is 223 g/mol. The molecule has 1 aromatic heterocycles. The summed E-state index contributed by atoms with van der Waals surface area (Å²) in [6, 6.07) is 3.96. The van der Waals surface area contributed by atoms with Crippen LogP contribution in [0.3, 0.4) is 0 Å². The van der Waals surface area contributed by atoms with Gasteiger partial charge in [-0.05, 0) is 38.7 Å². The standard InChI is InChI=1S/C12H21N3O/c1-15(2)6-3-7-16-10-12-5-4-11(8-13)9-14-12/h4-5,9H,3,6-8,10,13H2,1-2H3. The van der Waals surface area contributed by atoms with Crippen LogP contribution in [0.1, 0.15) is 17.7 Å². The number of hydrogen-bond acceptors (Lipinski definition) is 4. The summed E-state index contributed by atoms with van der Waals surface area (Å²) < 4.78 is 5.52. The van der Waals surface area contributed by atoms with Crippen LogP contribution < -0.4 is 5.73 Å². The third-order valence-electron chi connectivity index (χ3n) is 2.27. The maximum atomic E-state index is 5.52. The second kappa shape index (κ2) is 7.33. The molecule has 0 aliphatic heterocycles. The summed E-state index contributed by atoms with van der Waals surface area (Å²) in [5, 5.41) is 0. The van der Waals surface area contributed by atoms with E-state index in [1.165, 1.54) is 0 Å². The van der Waals surface area contributed by atoms with Gasteiger partial charge in [0.15, 0.2) is 0 Å². The van der Waals surface area contributed by atoms with Gasteiger partial charge in [-0.1, -0.05) is 6.07 Å². The van der Waals surface area contributed by atoms with Gasteiger partial charge < -0.3 is 15.4 Å². The van der Waals surface area contributed by atoms with Crippen molar-refractivity contribution in [3.63, 3.8) is 0 Å². The molecule has 2 N–H and O–H groups in total. The maximum Gasteiger partial charge on any atom is 0.0887 e. The van der Waals surface area contributed by atoms with Crippen molar-refractivity contribution >= 4 is 0 Å². The van der Waals surface area contributed by atoms with Crippen LogP contribution in [-0.2, 0) is 17.9 Å². The van der Waals surface area contributed by atoms with Gasteiger partial charge in [0, 0.05) is 19.3 Å². The van der Waals surface area contributed by atoms with E-state index in [4.69, 9.17) is 10.5 Å². The Bertz CT molecular complexity index is 285. The number of nitrogens with zero attached hydrogens (tertiary/aromatic N) is 2. The summed E-state index contributed by atoms with van der Waals surface area (Å²) >= 11 is 0. The number of ether oxygens (including phenoxy) is 1. The molecule has 0 aliphatic carbocycles. The van der Waals surface area contributed by atoms with Gasteiger partial charge in [-0.25, -0.2) is 0 Å². The lowest BCUT2D eigenvalue weighted by Crippen LogP contribution is -2.14. The molecule has 0 unspecified atom stereocenters. The van der Waals surface area contributed by atoms with Crippen molar-refractivity contribution in [2.75, 3.05) is 27.2 Å². The molecule has 1 aromatic rings. The fraction of sp³-hybridized carbons (Fsp3) is 0.583. The van der Waals surface area contributed by atoms with Gasteiger partial charge in [-0.3, -0.25) is 4.98 Å². The van der Waals surface area contributed by atoms with E-state index >= 15 is 0 Å². The molecule has 0 aliphatic rings. The molecule has 0 spiro atoms. The van der Waals surface area contributed by atoms with E-state index in [0.29, 0.717) is 13.2 Å². The van der Waals surface area contributed by atoms with Crippen molar-refractivity contribution in [3.8, 4) is 0 Å². The van der Waals surface area contributed by atoms with Gasteiger partial charge in [-0.15, -0.1) is 0 Å². The van der Waals surface area contributed by atoms with Crippen molar-refractivity contribution in [1.29, 1.82) is 0 Å². The highest BCUT2D eigenvalue weighted by atomic mass is 16.5. The van der Waals surface area contributed by atoms with Crippen LogP contribution in [0.5, 0.6) is 0 Å². The van der Waals surface area contributed by atoms with Crippen molar-refractivity contribution in [2.45, 2.75) is 19.6 Å². The second-order valence-corrected chi connectivity index (χ2v) is 4.07. The van der Waals surface area contributed by atoms with E-state index < -0.39 is 0 Å². The van der Waals surface area contributed by atoms with Crippen LogP contribution in [0.2, 0.25) is 0 Å². The van der Waals surface area contributed by atoms with E-state index in [1.807, 2.05) is 12.1 Å². The first-order valence-corrected chi connectivity index (χ1v) is 5.58. The van der Waals surface area contributed by atoms with Gasteiger partial charge in [0.05, 0.1) is 12.3 Å². The number of hydrogen-bond donors (Lipinski definition) is 1. The fourth-order valence-corrected chi connectivity index (χ4v) is 1.32. The molecule has 1 rings (SSSR count). The molecule has 90 valence electrons. The zero-order chi connectivity index (χ0) is 11.8. The van der Waals surface area contributed by atoms with E-state index in [1.54, 1.807) is 6.20 Å². The lowest BCUT2D eigenvalue weighted by atomic mass is 10.2. The van der Waals surface area contributed by atoms with E-state index in [9.17, 15) is 0 Å². The Labute approximate surface area is 97.4 Å².